The fourth-order valence-electron chi connectivity index (χ4n) is 1.67. The fraction of sp³-hybridized carbons (Fsp3) is 0.700. The summed E-state index contributed by atoms with van der Waals surface area (Å²) in [7, 11) is 0. The van der Waals surface area contributed by atoms with Gasteiger partial charge < -0.3 is 15.1 Å². The smallest absolute Gasteiger partial charge is 0.332 e. The number of carbonyl (C=O) groups excluding carboxylic acids is 2. The molecule has 0 spiro atoms. The Morgan fingerprint density at radius 3 is 2.76 bits per heavy atom. The lowest BCUT2D eigenvalue weighted by Crippen LogP contribution is -2.31. The number of aliphatic hydroxyl groups is 1. The summed E-state index contributed by atoms with van der Waals surface area (Å²) in [4.78, 5) is 34.3. The number of likely N-dealkylation sites (tertiary alicyclic amines) is 1. The van der Waals surface area contributed by atoms with Gasteiger partial charge in [-0.3, -0.25) is 9.59 Å². The van der Waals surface area contributed by atoms with Crippen molar-refractivity contribution in [2.45, 2.75) is 31.1 Å². The number of rotatable bonds is 5. The zero-order valence-electron chi connectivity index (χ0n) is 9.46. The van der Waals surface area contributed by atoms with Gasteiger partial charge in [0, 0.05) is 38.1 Å². The minimum Gasteiger partial charge on any atom is -0.479 e. The Balaban J connectivity index is 2.38. The molecule has 2 N–H and O–H groups in total. The number of hydrogen-bond donors (Lipinski definition) is 2. The summed E-state index contributed by atoms with van der Waals surface area (Å²) in [6.45, 7) is 2.10. The molecule has 0 bridgehead atoms. The molecular weight excluding hydrogens is 246 g/mol. The first-order valence-electron chi connectivity index (χ1n) is 5.26. The lowest BCUT2D eigenvalue weighted by Gasteiger charge is -2.17. The third-order valence-corrected chi connectivity index (χ3v) is 3.45. The van der Waals surface area contributed by atoms with Crippen molar-refractivity contribution in [2.75, 3.05) is 13.1 Å². The van der Waals surface area contributed by atoms with E-state index in [2.05, 4.69) is 0 Å². The Morgan fingerprint density at radius 1 is 1.59 bits per heavy atom. The summed E-state index contributed by atoms with van der Waals surface area (Å²) in [5, 5.41) is 17.5. The highest BCUT2D eigenvalue weighted by Gasteiger charge is 2.31. The van der Waals surface area contributed by atoms with E-state index in [1.165, 1.54) is 11.8 Å². The number of carbonyl (C=O) groups is 3. The van der Waals surface area contributed by atoms with Gasteiger partial charge >= 0.3 is 5.97 Å². The van der Waals surface area contributed by atoms with Gasteiger partial charge in [-0.2, -0.15) is 0 Å². The van der Waals surface area contributed by atoms with Crippen LogP contribution in [0.4, 0.5) is 0 Å². The van der Waals surface area contributed by atoms with Gasteiger partial charge in [-0.1, -0.05) is 11.8 Å². The number of nitrogens with zero attached hydrogens (tertiary/aromatic N) is 1. The molecule has 0 radical (unpaired) electrons. The van der Waals surface area contributed by atoms with Crippen molar-refractivity contribution < 1.29 is 24.6 Å². The molecule has 2 atom stereocenters. The number of aliphatic carboxylic acids is 1. The highest BCUT2D eigenvalue weighted by molar-refractivity contribution is 8.14. The second kappa shape index (κ2) is 6.02. The number of carboxylic acids is 1. The largest absolute Gasteiger partial charge is 0.479 e. The maximum Gasteiger partial charge on any atom is 0.332 e. The van der Waals surface area contributed by atoms with Crippen LogP contribution in [-0.4, -0.2) is 56.5 Å². The third-order valence-electron chi connectivity index (χ3n) is 2.47. The molecule has 0 aromatic heterocycles. The van der Waals surface area contributed by atoms with Crippen molar-refractivity contribution in [1.29, 1.82) is 0 Å². The molecule has 6 nitrogen and oxygen atoms in total. The predicted molar refractivity (Wildman–Crippen MR) is 61.5 cm³/mol. The number of amides is 1. The highest BCUT2D eigenvalue weighted by atomic mass is 32.2. The lowest BCUT2D eigenvalue weighted by molar-refractivity contribution is -0.147. The summed E-state index contributed by atoms with van der Waals surface area (Å²) in [5.74, 6) is -1.38. The monoisotopic (exact) mass is 261 g/mol. The Morgan fingerprint density at radius 2 is 2.24 bits per heavy atom. The van der Waals surface area contributed by atoms with E-state index in [0.29, 0.717) is 13.0 Å². The maximum absolute atomic E-state index is 11.5. The van der Waals surface area contributed by atoms with E-state index in [-0.39, 0.29) is 29.2 Å². The van der Waals surface area contributed by atoms with Crippen LogP contribution in [0.2, 0.25) is 0 Å². The lowest BCUT2D eigenvalue weighted by atomic mass is 10.2. The summed E-state index contributed by atoms with van der Waals surface area (Å²) in [6.07, 6.45) is -1.13. The van der Waals surface area contributed by atoms with Gasteiger partial charge in [0.15, 0.2) is 11.2 Å². The SMILES string of the molecule is CC(=O)SC1CC(=O)N(CC[C@H](O)C(=O)O)C1. The summed E-state index contributed by atoms with van der Waals surface area (Å²) >= 11 is 1.13. The van der Waals surface area contributed by atoms with Gasteiger partial charge in [-0.05, 0) is 0 Å². The van der Waals surface area contributed by atoms with E-state index in [4.69, 9.17) is 10.2 Å². The quantitative estimate of drug-likeness (QED) is 0.705. The minimum absolute atomic E-state index is 0.0124. The zero-order valence-corrected chi connectivity index (χ0v) is 10.3. The first-order chi connectivity index (χ1) is 7.90. The molecule has 0 aromatic rings. The van der Waals surface area contributed by atoms with Gasteiger partial charge in [0.1, 0.15) is 0 Å². The van der Waals surface area contributed by atoms with Crippen molar-refractivity contribution in [2.24, 2.45) is 0 Å². The van der Waals surface area contributed by atoms with Crippen LogP contribution in [0.5, 0.6) is 0 Å². The average molecular weight is 261 g/mol. The molecular formula is C10H15NO5S. The maximum atomic E-state index is 11.5. The minimum atomic E-state index is -1.44. The molecule has 7 heteroatoms. The third kappa shape index (κ3) is 4.35. The van der Waals surface area contributed by atoms with Crippen molar-refractivity contribution in [1.82, 2.24) is 4.90 Å². The second-order valence-electron chi connectivity index (χ2n) is 3.92. The molecule has 17 heavy (non-hydrogen) atoms. The fourth-order valence-corrected chi connectivity index (χ4v) is 2.62. The molecule has 0 aliphatic carbocycles. The molecule has 1 heterocycles. The average Bonchev–Trinajstić information content (AvgIpc) is 2.54. The van der Waals surface area contributed by atoms with Gasteiger partial charge in [-0.25, -0.2) is 4.79 Å². The van der Waals surface area contributed by atoms with Gasteiger partial charge in [-0.15, -0.1) is 0 Å². The molecule has 1 rings (SSSR count). The molecule has 1 unspecified atom stereocenters. The number of carboxylic acid groups (broad SMARTS) is 1. The number of hydrogen-bond acceptors (Lipinski definition) is 5. The van der Waals surface area contributed by atoms with Crippen LogP contribution in [0.3, 0.4) is 0 Å². The van der Waals surface area contributed by atoms with Crippen LogP contribution in [0.1, 0.15) is 19.8 Å². The molecule has 1 fully saturated rings. The van der Waals surface area contributed by atoms with Crippen LogP contribution >= 0.6 is 11.8 Å². The van der Waals surface area contributed by atoms with Crippen LogP contribution in [0.15, 0.2) is 0 Å². The normalized spacial score (nSPS) is 21.6. The molecule has 1 amide bonds. The molecule has 1 saturated heterocycles. The van der Waals surface area contributed by atoms with E-state index in [0.717, 1.165) is 11.8 Å². The highest BCUT2D eigenvalue weighted by Crippen LogP contribution is 2.24. The number of aliphatic hydroxyl groups excluding tert-OH is 1. The summed E-state index contributed by atoms with van der Waals surface area (Å²) in [6, 6.07) is 0. The van der Waals surface area contributed by atoms with Crippen molar-refractivity contribution in [3.8, 4) is 0 Å². The first kappa shape index (κ1) is 14.0. The summed E-state index contributed by atoms with van der Waals surface area (Å²) in [5.41, 5.74) is 0. The Labute approximate surface area is 103 Å². The zero-order chi connectivity index (χ0) is 13.0. The van der Waals surface area contributed by atoms with E-state index in [1.54, 1.807) is 0 Å². The van der Waals surface area contributed by atoms with Crippen molar-refractivity contribution >= 4 is 28.8 Å². The Bertz CT molecular complexity index is 333. The van der Waals surface area contributed by atoms with E-state index in [1.807, 2.05) is 0 Å². The number of thioether (sulfide) groups is 1. The molecule has 0 aromatic carbocycles. The van der Waals surface area contributed by atoms with Crippen molar-refractivity contribution in [3.63, 3.8) is 0 Å². The van der Waals surface area contributed by atoms with Gasteiger partial charge in [0.2, 0.25) is 5.91 Å². The Kier molecular flexibility index (Phi) is 4.95. The molecule has 0 saturated carbocycles. The Hall–Kier alpha value is -1.08. The van der Waals surface area contributed by atoms with E-state index in [9.17, 15) is 14.4 Å². The van der Waals surface area contributed by atoms with Gasteiger partial charge in [0.05, 0.1) is 0 Å². The van der Waals surface area contributed by atoms with E-state index < -0.39 is 12.1 Å². The van der Waals surface area contributed by atoms with Gasteiger partial charge in [0.25, 0.3) is 0 Å². The second-order valence-corrected chi connectivity index (χ2v) is 5.40. The van der Waals surface area contributed by atoms with Crippen LogP contribution in [0.25, 0.3) is 0 Å². The predicted octanol–water partition coefficient (Wildman–Crippen LogP) is -0.297. The standard InChI is InChI=1S/C10H15NO5S/c1-6(12)17-7-4-9(14)11(5-7)3-2-8(13)10(15)16/h7-8,13H,2-5H2,1H3,(H,15,16)/t7?,8-/m0/s1. The summed E-state index contributed by atoms with van der Waals surface area (Å²) < 4.78 is 0. The first-order valence-corrected chi connectivity index (χ1v) is 6.14. The van der Waals surface area contributed by atoms with Crippen LogP contribution < -0.4 is 0 Å². The van der Waals surface area contributed by atoms with Crippen LogP contribution in [-0.2, 0) is 14.4 Å². The molecule has 1 aliphatic heterocycles. The van der Waals surface area contributed by atoms with E-state index >= 15 is 0 Å². The topological polar surface area (TPSA) is 94.9 Å². The molecule has 96 valence electrons. The van der Waals surface area contributed by atoms with Crippen LogP contribution in [0, 0.1) is 0 Å². The van der Waals surface area contributed by atoms with Crippen molar-refractivity contribution in [3.05, 3.63) is 0 Å². The molecule has 1 aliphatic rings.